The third-order valence-corrected chi connectivity index (χ3v) is 7.61. The van der Waals surface area contributed by atoms with Crippen molar-refractivity contribution in [1.29, 1.82) is 0 Å². The van der Waals surface area contributed by atoms with Gasteiger partial charge in [0, 0.05) is 29.6 Å². The lowest BCUT2D eigenvalue weighted by atomic mass is 9.91. The molecule has 0 radical (unpaired) electrons. The number of hydrazine groups is 1. The lowest BCUT2D eigenvalue weighted by Gasteiger charge is -2.28. The van der Waals surface area contributed by atoms with Crippen LogP contribution in [-0.4, -0.2) is 30.2 Å². The number of nitrogens with one attached hydrogen (secondary N) is 1. The average Bonchev–Trinajstić information content (AvgIpc) is 3.31. The predicted octanol–water partition coefficient (Wildman–Crippen LogP) is 6.60. The number of hydrazone groups is 1. The zero-order valence-corrected chi connectivity index (χ0v) is 21.3. The normalized spacial score (nSPS) is 24.9. The summed E-state index contributed by atoms with van der Waals surface area (Å²) in [7, 11) is 1.92. The molecule has 2 aliphatic rings. The highest BCUT2D eigenvalue weighted by molar-refractivity contribution is 6.41. The van der Waals surface area contributed by atoms with Crippen LogP contribution in [0.1, 0.15) is 44.7 Å². The van der Waals surface area contributed by atoms with Crippen molar-refractivity contribution in [3.05, 3.63) is 63.1 Å². The maximum Gasteiger partial charge on any atom is 0.282 e. The fourth-order valence-corrected chi connectivity index (χ4v) is 5.59. The van der Waals surface area contributed by atoms with Crippen LogP contribution >= 0.6 is 34.8 Å². The summed E-state index contributed by atoms with van der Waals surface area (Å²) in [5, 5.41) is 10.2. The van der Waals surface area contributed by atoms with Crippen molar-refractivity contribution in [2.45, 2.75) is 39.2 Å². The molecule has 176 valence electrons. The maximum atomic E-state index is 13.3. The van der Waals surface area contributed by atoms with E-state index in [1.54, 1.807) is 12.1 Å². The molecule has 2 aromatic rings. The number of carbonyl (C=O) groups excluding carboxylic acids is 1. The van der Waals surface area contributed by atoms with Gasteiger partial charge in [0.1, 0.15) is 5.71 Å². The summed E-state index contributed by atoms with van der Waals surface area (Å²) in [6, 6.07) is 12.7. The minimum Gasteiger partial charge on any atom is -0.284 e. The van der Waals surface area contributed by atoms with E-state index in [0.717, 1.165) is 12.1 Å². The molecule has 0 aromatic heterocycles. The Morgan fingerprint density at radius 1 is 1.09 bits per heavy atom. The molecule has 1 fully saturated rings. The molecule has 1 N–H and O–H groups in total. The molecule has 33 heavy (non-hydrogen) atoms. The minimum absolute atomic E-state index is 0.170. The molecule has 1 amide bonds. The highest BCUT2D eigenvalue weighted by Crippen LogP contribution is 2.42. The Bertz CT molecular complexity index is 1040. The van der Waals surface area contributed by atoms with Gasteiger partial charge in [-0.15, -0.1) is 0 Å². The lowest BCUT2D eigenvalue weighted by molar-refractivity contribution is -0.119. The summed E-state index contributed by atoms with van der Waals surface area (Å²) >= 11 is 18.8. The highest BCUT2D eigenvalue weighted by atomic mass is 35.5. The van der Waals surface area contributed by atoms with E-state index >= 15 is 0 Å². The molecular weight excluding hydrogens is 479 g/mol. The number of nitrogens with zero attached hydrogens (tertiary/aromatic N) is 3. The molecule has 1 saturated carbocycles. The van der Waals surface area contributed by atoms with E-state index in [2.05, 4.69) is 12.3 Å². The van der Waals surface area contributed by atoms with Crippen LogP contribution < -0.4 is 10.4 Å². The first-order chi connectivity index (χ1) is 15.7. The zero-order valence-electron chi connectivity index (χ0n) is 19.1. The van der Waals surface area contributed by atoms with Crippen molar-refractivity contribution < 1.29 is 4.79 Å². The smallest absolute Gasteiger partial charge is 0.282 e. The van der Waals surface area contributed by atoms with Gasteiger partial charge >= 0.3 is 0 Å². The summed E-state index contributed by atoms with van der Waals surface area (Å²) in [6.07, 6.45) is 3.73. The van der Waals surface area contributed by atoms with Crippen LogP contribution in [0.25, 0.3) is 0 Å². The van der Waals surface area contributed by atoms with Crippen LogP contribution in [0.2, 0.25) is 15.1 Å². The maximum absolute atomic E-state index is 13.3. The first kappa shape index (κ1) is 24.3. The SMILES string of the molecule is CC1CCCC1CN(C)NC(=O)C1=NN(c2ccc(Cl)cc2Cl)C(c2ccc(Cl)cc2)[C@@H]1C. The number of carbonyl (C=O) groups is 1. The molecule has 1 aliphatic carbocycles. The van der Waals surface area contributed by atoms with E-state index in [1.165, 1.54) is 19.3 Å². The standard InChI is InChI=1S/C25H29Cl3N4O/c1-15-5-4-6-18(15)14-31(3)30-25(33)23-16(2)24(17-7-9-19(26)10-8-17)32(29-23)22-12-11-20(27)13-21(22)28/h7-13,15-16,18,24H,4-6,14H2,1-3H3,(H,30,33)/t15?,16-,18?,24?/m1/s1. The Hall–Kier alpha value is -1.79. The second-order valence-electron chi connectivity index (χ2n) is 9.20. The van der Waals surface area contributed by atoms with Crippen molar-refractivity contribution in [1.82, 2.24) is 10.4 Å². The molecule has 1 heterocycles. The van der Waals surface area contributed by atoms with E-state index in [0.29, 0.717) is 38.3 Å². The Morgan fingerprint density at radius 2 is 1.79 bits per heavy atom. The first-order valence-corrected chi connectivity index (χ1v) is 12.5. The van der Waals surface area contributed by atoms with Crippen LogP contribution in [-0.2, 0) is 4.79 Å². The Morgan fingerprint density at radius 3 is 2.42 bits per heavy atom. The number of amides is 1. The fraction of sp³-hybridized carbons (Fsp3) is 0.440. The Labute approximate surface area is 210 Å². The quantitative estimate of drug-likeness (QED) is 0.448. The first-order valence-electron chi connectivity index (χ1n) is 11.3. The Balaban J connectivity index is 1.60. The van der Waals surface area contributed by atoms with Crippen molar-refractivity contribution in [2.75, 3.05) is 18.6 Å². The molecule has 3 unspecified atom stereocenters. The van der Waals surface area contributed by atoms with Gasteiger partial charge in [0.05, 0.1) is 16.8 Å². The number of halogens is 3. The van der Waals surface area contributed by atoms with Crippen LogP contribution in [0.4, 0.5) is 5.69 Å². The highest BCUT2D eigenvalue weighted by Gasteiger charge is 2.40. The number of benzene rings is 2. The second-order valence-corrected chi connectivity index (χ2v) is 10.5. The van der Waals surface area contributed by atoms with E-state index in [4.69, 9.17) is 39.9 Å². The van der Waals surface area contributed by atoms with Crippen molar-refractivity contribution in [3.8, 4) is 0 Å². The molecule has 0 saturated heterocycles. The summed E-state index contributed by atoms with van der Waals surface area (Å²) in [5.41, 5.74) is 5.20. The largest absolute Gasteiger partial charge is 0.284 e. The Kier molecular flexibility index (Phi) is 7.54. The molecule has 0 bridgehead atoms. The summed E-state index contributed by atoms with van der Waals surface area (Å²) < 4.78 is 0. The number of anilines is 1. The van der Waals surface area contributed by atoms with Gasteiger partial charge in [-0.05, 0) is 54.2 Å². The molecular formula is C25H29Cl3N4O. The van der Waals surface area contributed by atoms with Crippen molar-refractivity contribution in [3.63, 3.8) is 0 Å². The van der Waals surface area contributed by atoms with Crippen LogP contribution in [0.15, 0.2) is 47.6 Å². The van der Waals surface area contributed by atoms with Gasteiger partial charge in [0.15, 0.2) is 0 Å². The third-order valence-electron chi connectivity index (χ3n) is 6.82. The van der Waals surface area contributed by atoms with Gasteiger partial charge in [-0.1, -0.05) is 73.6 Å². The summed E-state index contributed by atoms with van der Waals surface area (Å²) in [6.45, 7) is 5.14. The van der Waals surface area contributed by atoms with E-state index in [-0.39, 0.29) is 17.9 Å². The second kappa shape index (κ2) is 10.2. The fourth-order valence-electron chi connectivity index (χ4n) is 4.96. The zero-order chi connectivity index (χ0) is 23.7. The topological polar surface area (TPSA) is 47.9 Å². The van der Waals surface area contributed by atoms with Crippen LogP contribution in [0.5, 0.6) is 0 Å². The van der Waals surface area contributed by atoms with E-state index in [9.17, 15) is 4.79 Å². The predicted molar refractivity (Wildman–Crippen MR) is 137 cm³/mol. The van der Waals surface area contributed by atoms with Gasteiger partial charge < -0.3 is 0 Å². The monoisotopic (exact) mass is 506 g/mol. The van der Waals surface area contributed by atoms with Crippen molar-refractivity contribution >= 4 is 52.1 Å². The average molecular weight is 508 g/mol. The third kappa shape index (κ3) is 5.32. The van der Waals surface area contributed by atoms with Gasteiger partial charge in [-0.25, -0.2) is 5.01 Å². The van der Waals surface area contributed by atoms with Gasteiger partial charge in [0.25, 0.3) is 5.91 Å². The number of rotatable bonds is 6. The molecule has 1 aliphatic heterocycles. The van der Waals surface area contributed by atoms with Gasteiger partial charge in [-0.3, -0.25) is 15.2 Å². The van der Waals surface area contributed by atoms with Gasteiger partial charge in [0.2, 0.25) is 0 Å². The molecule has 5 nitrogen and oxygen atoms in total. The molecule has 4 atom stereocenters. The van der Waals surface area contributed by atoms with E-state index < -0.39 is 0 Å². The van der Waals surface area contributed by atoms with Gasteiger partial charge in [-0.2, -0.15) is 5.10 Å². The van der Waals surface area contributed by atoms with Crippen LogP contribution in [0.3, 0.4) is 0 Å². The summed E-state index contributed by atoms with van der Waals surface area (Å²) in [5.74, 6) is 0.923. The molecule has 2 aromatic carbocycles. The number of hydrogen-bond donors (Lipinski definition) is 1. The molecule has 4 rings (SSSR count). The molecule has 0 spiro atoms. The summed E-state index contributed by atoms with van der Waals surface area (Å²) in [4.78, 5) is 13.3. The minimum atomic E-state index is -0.207. The van der Waals surface area contributed by atoms with Crippen molar-refractivity contribution in [2.24, 2.45) is 22.9 Å². The molecule has 8 heteroatoms. The van der Waals surface area contributed by atoms with Crippen LogP contribution in [0, 0.1) is 17.8 Å². The lowest BCUT2D eigenvalue weighted by Crippen LogP contribution is -2.46. The number of hydrogen-bond acceptors (Lipinski definition) is 4. The van der Waals surface area contributed by atoms with E-state index in [1.807, 2.05) is 54.3 Å².